The van der Waals surface area contributed by atoms with Crippen LogP contribution in [0.3, 0.4) is 0 Å². The van der Waals surface area contributed by atoms with Gasteiger partial charge in [0.15, 0.2) is 5.60 Å². The largest absolute Gasteiger partial charge is 0.396 e. The van der Waals surface area contributed by atoms with Gasteiger partial charge < -0.3 is 20.0 Å². The molecule has 0 unspecified atom stereocenters. The van der Waals surface area contributed by atoms with E-state index in [1.54, 1.807) is 34.9 Å². The Labute approximate surface area is 188 Å². The molecule has 6 nitrogen and oxygen atoms in total. The van der Waals surface area contributed by atoms with Crippen LogP contribution in [-0.4, -0.2) is 35.2 Å². The van der Waals surface area contributed by atoms with Gasteiger partial charge in [-0.15, -0.1) is 0 Å². The summed E-state index contributed by atoms with van der Waals surface area (Å²) in [6, 6.07) is 15.2. The van der Waals surface area contributed by atoms with E-state index in [2.05, 4.69) is 0 Å². The van der Waals surface area contributed by atoms with Gasteiger partial charge in [-0.1, -0.05) is 49.4 Å². The fourth-order valence-electron chi connectivity index (χ4n) is 4.62. The molecule has 2 heterocycles. The van der Waals surface area contributed by atoms with E-state index in [1.165, 1.54) is 0 Å². The van der Waals surface area contributed by atoms with Gasteiger partial charge in [0.1, 0.15) is 0 Å². The Morgan fingerprint density at radius 1 is 1.12 bits per heavy atom. The van der Waals surface area contributed by atoms with Crippen molar-refractivity contribution in [3.8, 4) is 0 Å². The third-order valence-corrected chi connectivity index (χ3v) is 6.45. The normalized spacial score (nSPS) is 22.0. The summed E-state index contributed by atoms with van der Waals surface area (Å²) < 4.78 is 0. The standard InChI is InChI=1S/C26H30N2O4/c1-19(9-6-8-16-29)26(32)22-17-21(27-15-7-5-12-24(27)30)13-14-23(22)28(25(26)31)18-20-10-3-2-4-11-20/h2-4,6,9-11,13-14,17,19,29,32H,5,7-8,12,15-16,18H2,1H3/b9-6+/t19-,26+/m0/s1. The second kappa shape index (κ2) is 9.27. The van der Waals surface area contributed by atoms with Crippen molar-refractivity contribution in [1.29, 1.82) is 0 Å². The minimum Gasteiger partial charge on any atom is -0.396 e. The molecule has 168 valence electrons. The molecular weight excluding hydrogens is 404 g/mol. The van der Waals surface area contributed by atoms with Crippen molar-refractivity contribution in [3.63, 3.8) is 0 Å². The molecule has 2 aliphatic rings. The van der Waals surface area contributed by atoms with E-state index in [-0.39, 0.29) is 18.4 Å². The van der Waals surface area contributed by atoms with Gasteiger partial charge in [-0.2, -0.15) is 0 Å². The second-order valence-electron chi connectivity index (χ2n) is 8.58. The van der Waals surface area contributed by atoms with E-state index >= 15 is 0 Å². The number of aliphatic hydroxyl groups excluding tert-OH is 1. The number of hydrogen-bond donors (Lipinski definition) is 2. The Balaban J connectivity index is 1.76. The molecule has 2 atom stereocenters. The molecule has 0 saturated carbocycles. The Hall–Kier alpha value is -2.96. The quantitative estimate of drug-likeness (QED) is 0.654. The highest BCUT2D eigenvalue weighted by Crippen LogP contribution is 2.47. The second-order valence-corrected chi connectivity index (χ2v) is 8.58. The smallest absolute Gasteiger partial charge is 0.264 e. The third-order valence-electron chi connectivity index (χ3n) is 6.45. The number of benzene rings is 2. The highest BCUT2D eigenvalue weighted by molar-refractivity contribution is 6.08. The molecule has 2 aliphatic heterocycles. The summed E-state index contributed by atoms with van der Waals surface area (Å²) in [6.45, 7) is 2.81. The molecule has 1 saturated heterocycles. The molecule has 0 spiro atoms. The predicted molar refractivity (Wildman–Crippen MR) is 124 cm³/mol. The van der Waals surface area contributed by atoms with Crippen LogP contribution in [0.15, 0.2) is 60.7 Å². The van der Waals surface area contributed by atoms with Gasteiger partial charge in [0, 0.05) is 36.7 Å². The Morgan fingerprint density at radius 3 is 2.62 bits per heavy atom. The lowest BCUT2D eigenvalue weighted by Gasteiger charge is -2.30. The van der Waals surface area contributed by atoms with Crippen LogP contribution in [0.2, 0.25) is 0 Å². The number of fused-ring (bicyclic) bond motifs is 1. The highest BCUT2D eigenvalue weighted by Gasteiger charge is 2.52. The summed E-state index contributed by atoms with van der Waals surface area (Å²) in [5.41, 5.74) is 1.13. The maximum Gasteiger partial charge on any atom is 0.264 e. The lowest BCUT2D eigenvalue weighted by atomic mass is 9.82. The number of carbonyl (C=O) groups excluding carboxylic acids is 2. The predicted octanol–water partition coefficient (Wildman–Crippen LogP) is 3.51. The molecule has 2 aromatic carbocycles. The van der Waals surface area contributed by atoms with Gasteiger partial charge in [-0.3, -0.25) is 9.59 Å². The number of hydrogen-bond acceptors (Lipinski definition) is 4. The molecule has 2 aromatic rings. The number of aliphatic hydroxyl groups is 2. The average Bonchev–Trinajstić information content (AvgIpc) is 3.02. The average molecular weight is 435 g/mol. The summed E-state index contributed by atoms with van der Waals surface area (Å²) in [6.07, 6.45) is 6.36. The molecule has 32 heavy (non-hydrogen) atoms. The number of amides is 2. The molecule has 6 heteroatoms. The van der Waals surface area contributed by atoms with Crippen LogP contribution in [0.4, 0.5) is 11.4 Å². The first kappa shape index (κ1) is 22.2. The zero-order chi connectivity index (χ0) is 22.7. The van der Waals surface area contributed by atoms with Crippen molar-refractivity contribution >= 4 is 23.2 Å². The molecule has 0 aliphatic carbocycles. The molecule has 0 radical (unpaired) electrons. The van der Waals surface area contributed by atoms with Crippen LogP contribution in [0, 0.1) is 5.92 Å². The molecule has 2 amide bonds. The van der Waals surface area contributed by atoms with E-state index in [9.17, 15) is 14.7 Å². The molecule has 4 rings (SSSR count). The zero-order valence-electron chi connectivity index (χ0n) is 18.4. The van der Waals surface area contributed by atoms with Crippen molar-refractivity contribution in [2.45, 2.75) is 44.8 Å². The first-order valence-corrected chi connectivity index (χ1v) is 11.3. The molecule has 2 N–H and O–H groups in total. The monoisotopic (exact) mass is 434 g/mol. The Morgan fingerprint density at radius 2 is 1.91 bits per heavy atom. The lowest BCUT2D eigenvalue weighted by molar-refractivity contribution is -0.139. The number of carbonyl (C=O) groups is 2. The van der Waals surface area contributed by atoms with E-state index in [1.807, 2.05) is 42.5 Å². The van der Waals surface area contributed by atoms with Crippen molar-refractivity contribution in [1.82, 2.24) is 0 Å². The maximum atomic E-state index is 13.6. The fourth-order valence-corrected chi connectivity index (χ4v) is 4.62. The Bertz CT molecular complexity index is 1020. The van der Waals surface area contributed by atoms with Crippen molar-refractivity contribution in [3.05, 3.63) is 71.8 Å². The number of piperidine rings is 1. The first-order chi connectivity index (χ1) is 15.5. The lowest BCUT2D eigenvalue weighted by Crippen LogP contribution is -2.44. The fraction of sp³-hybridized carbons (Fsp3) is 0.385. The van der Waals surface area contributed by atoms with Crippen molar-refractivity contribution < 1.29 is 19.8 Å². The minimum absolute atomic E-state index is 0.00747. The van der Waals surface area contributed by atoms with Gasteiger partial charge >= 0.3 is 0 Å². The van der Waals surface area contributed by atoms with E-state index in [4.69, 9.17) is 5.11 Å². The summed E-state index contributed by atoms with van der Waals surface area (Å²) >= 11 is 0. The van der Waals surface area contributed by atoms with Crippen LogP contribution in [0.5, 0.6) is 0 Å². The minimum atomic E-state index is -1.75. The van der Waals surface area contributed by atoms with Crippen LogP contribution >= 0.6 is 0 Å². The number of anilines is 2. The van der Waals surface area contributed by atoms with E-state index in [0.29, 0.717) is 42.9 Å². The maximum absolute atomic E-state index is 13.6. The highest BCUT2D eigenvalue weighted by atomic mass is 16.3. The van der Waals surface area contributed by atoms with Crippen LogP contribution in [-0.2, 0) is 21.7 Å². The molecule has 0 bridgehead atoms. The van der Waals surface area contributed by atoms with E-state index in [0.717, 1.165) is 18.4 Å². The number of nitrogens with zero attached hydrogens (tertiary/aromatic N) is 2. The SMILES string of the molecule is C[C@@H](/C=C/CCO)[C@]1(O)C(=O)N(Cc2ccccc2)c2ccc(N3CCCCC3=O)cc21. The van der Waals surface area contributed by atoms with Crippen LogP contribution < -0.4 is 9.80 Å². The number of rotatable bonds is 7. The van der Waals surface area contributed by atoms with Crippen molar-refractivity contribution in [2.75, 3.05) is 23.0 Å². The van der Waals surface area contributed by atoms with Crippen LogP contribution in [0.1, 0.15) is 43.7 Å². The first-order valence-electron chi connectivity index (χ1n) is 11.3. The topological polar surface area (TPSA) is 81.1 Å². The van der Waals surface area contributed by atoms with Gasteiger partial charge in [0.25, 0.3) is 5.91 Å². The van der Waals surface area contributed by atoms with E-state index < -0.39 is 11.5 Å². The third kappa shape index (κ3) is 3.96. The molecular formula is C26H30N2O4. The summed E-state index contributed by atoms with van der Waals surface area (Å²) in [4.78, 5) is 29.5. The van der Waals surface area contributed by atoms with Gasteiger partial charge in [-0.25, -0.2) is 0 Å². The summed E-state index contributed by atoms with van der Waals surface area (Å²) in [7, 11) is 0. The summed E-state index contributed by atoms with van der Waals surface area (Å²) in [5.74, 6) is -0.811. The summed E-state index contributed by atoms with van der Waals surface area (Å²) in [5, 5.41) is 20.9. The van der Waals surface area contributed by atoms with Gasteiger partial charge in [-0.05, 0) is 43.0 Å². The van der Waals surface area contributed by atoms with Crippen molar-refractivity contribution in [2.24, 2.45) is 5.92 Å². The molecule has 0 aromatic heterocycles. The van der Waals surface area contributed by atoms with Crippen LogP contribution in [0.25, 0.3) is 0 Å². The van der Waals surface area contributed by atoms with Gasteiger partial charge in [0.2, 0.25) is 5.91 Å². The molecule has 1 fully saturated rings. The zero-order valence-corrected chi connectivity index (χ0v) is 18.4. The van der Waals surface area contributed by atoms with Gasteiger partial charge in [0.05, 0.1) is 12.2 Å². The Kier molecular flexibility index (Phi) is 6.44.